The van der Waals surface area contributed by atoms with Crippen molar-refractivity contribution in [2.24, 2.45) is 0 Å². The fourth-order valence-electron chi connectivity index (χ4n) is 3.07. The number of aromatic amines is 1. The molecule has 4 rings (SSSR count). The van der Waals surface area contributed by atoms with E-state index in [1.807, 2.05) is 30.3 Å². The first-order valence-corrected chi connectivity index (χ1v) is 7.87. The molecule has 0 spiro atoms. The minimum atomic E-state index is -0.380. The molecule has 0 unspecified atom stereocenters. The number of para-hydroxylation sites is 1. The number of rotatable bonds is 2. The van der Waals surface area contributed by atoms with Gasteiger partial charge in [0.05, 0.1) is 5.52 Å². The molecule has 0 radical (unpaired) electrons. The van der Waals surface area contributed by atoms with Gasteiger partial charge in [0.1, 0.15) is 23.7 Å². The number of nitrogens with one attached hydrogen (secondary N) is 1. The van der Waals surface area contributed by atoms with E-state index in [4.69, 9.17) is 5.26 Å². The van der Waals surface area contributed by atoms with Crippen LogP contribution in [0.1, 0.15) is 16.8 Å². The first-order chi connectivity index (χ1) is 12.2. The molecule has 0 saturated heterocycles. The van der Waals surface area contributed by atoms with Crippen molar-refractivity contribution in [2.45, 2.75) is 19.5 Å². The summed E-state index contributed by atoms with van der Waals surface area (Å²) in [6.45, 7) is 0.983. The third kappa shape index (κ3) is 2.65. The number of carbonyl (C=O) groups is 1. The normalized spacial score (nSPS) is 13.5. The molecule has 25 heavy (non-hydrogen) atoms. The molecule has 0 saturated carbocycles. The molecule has 3 heterocycles. The summed E-state index contributed by atoms with van der Waals surface area (Å²) < 4.78 is 1.58. The second-order valence-corrected chi connectivity index (χ2v) is 5.93. The maximum atomic E-state index is 12.6. The average Bonchev–Trinajstić information content (AvgIpc) is 3.04. The maximum Gasteiger partial charge on any atom is 0.266 e. The average molecular weight is 334 g/mol. The van der Waals surface area contributed by atoms with Crippen molar-refractivity contribution in [3.05, 3.63) is 57.5 Å². The Labute approximate surface area is 142 Å². The van der Waals surface area contributed by atoms with Gasteiger partial charge < -0.3 is 9.88 Å². The molecule has 1 aliphatic rings. The predicted octanol–water partition coefficient (Wildman–Crippen LogP) is 0.576. The summed E-state index contributed by atoms with van der Waals surface area (Å²) >= 11 is 0. The van der Waals surface area contributed by atoms with Gasteiger partial charge in [0.25, 0.3) is 5.56 Å². The summed E-state index contributed by atoms with van der Waals surface area (Å²) in [6.07, 6.45) is 0.556. The third-order valence-electron chi connectivity index (χ3n) is 4.39. The Morgan fingerprint density at radius 2 is 2.20 bits per heavy atom. The van der Waals surface area contributed by atoms with E-state index < -0.39 is 0 Å². The molecule has 1 N–H and O–H groups in total. The molecule has 3 aromatic rings. The molecule has 1 amide bonds. The lowest BCUT2D eigenvalue weighted by Crippen LogP contribution is -2.39. The molecule has 1 aromatic carbocycles. The second-order valence-electron chi connectivity index (χ2n) is 5.93. The van der Waals surface area contributed by atoms with E-state index in [-0.39, 0.29) is 23.6 Å². The Hall–Kier alpha value is -3.47. The third-order valence-corrected chi connectivity index (χ3v) is 4.39. The van der Waals surface area contributed by atoms with Gasteiger partial charge in [-0.3, -0.25) is 9.59 Å². The second kappa shape index (κ2) is 5.87. The Kier molecular flexibility index (Phi) is 3.54. The smallest absolute Gasteiger partial charge is 0.266 e. The van der Waals surface area contributed by atoms with Crippen LogP contribution in [0.2, 0.25) is 0 Å². The zero-order chi connectivity index (χ0) is 17.4. The number of hydrogen-bond donors (Lipinski definition) is 1. The number of carbonyl (C=O) groups excluding carboxylic acids is 1. The SMILES string of the molecule is N#Cc1cc2c([nH]c1=O)CCN(C(=O)Cn1nnc3ccccc31)C2. The monoisotopic (exact) mass is 334 g/mol. The van der Waals surface area contributed by atoms with E-state index in [2.05, 4.69) is 15.3 Å². The Bertz CT molecular complexity index is 1070. The Morgan fingerprint density at radius 3 is 3.04 bits per heavy atom. The number of hydrogen-bond acceptors (Lipinski definition) is 5. The number of nitrogens with zero attached hydrogens (tertiary/aromatic N) is 5. The van der Waals surface area contributed by atoms with Crippen LogP contribution in [0.5, 0.6) is 0 Å². The fraction of sp³-hybridized carbons (Fsp3) is 0.235. The summed E-state index contributed by atoms with van der Waals surface area (Å²) in [5.41, 5.74) is 2.84. The van der Waals surface area contributed by atoms with Crippen LogP contribution in [0.25, 0.3) is 11.0 Å². The summed E-state index contributed by atoms with van der Waals surface area (Å²) in [6, 6.07) is 10.9. The number of H-pyrrole nitrogens is 1. The molecule has 8 nitrogen and oxygen atoms in total. The van der Waals surface area contributed by atoms with Gasteiger partial charge in [0.2, 0.25) is 5.91 Å². The zero-order valence-electron chi connectivity index (χ0n) is 13.3. The van der Waals surface area contributed by atoms with Gasteiger partial charge in [-0.1, -0.05) is 17.3 Å². The highest BCUT2D eigenvalue weighted by molar-refractivity contribution is 5.80. The van der Waals surface area contributed by atoms with Gasteiger partial charge in [0, 0.05) is 25.2 Å². The van der Waals surface area contributed by atoms with E-state index >= 15 is 0 Å². The highest BCUT2D eigenvalue weighted by Crippen LogP contribution is 2.17. The number of nitriles is 1. The number of pyridine rings is 1. The van der Waals surface area contributed by atoms with Crippen molar-refractivity contribution in [3.8, 4) is 6.07 Å². The Balaban J connectivity index is 1.56. The van der Waals surface area contributed by atoms with E-state index in [1.165, 1.54) is 0 Å². The Morgan fingerprint density at radius 1 is 1.36 bits per heavy atom. The minimum absolute atomic E-state index is 0.0651. The molecular weight excluding hydrogens is 320 g/mol. The molecule has 124 valence electrons. The van der Waals surface area contributed by atoms with Crippen molar-refractivity contribution in [1.29, 1.82) is 5.26 Å². The number of amides is 1. The number of benzene rings is 1. The van der Waals surface area contributed by atoms with Crippen LogP contribution in [0.4, 0.5) is 0 Å². The van der Waals surface area contributed by atoms with Gasteiger partial charge in [-0.05, 0) is 23.8 Å². The van der Waals surface area contributed by atoms with Gasteiger partial charge in [0.15, 0.2) is 0 Å². The summed E-state index contributed by atoms with van der Waals surface area (Å²) in [5, 5.41) is 17.1. The van der Waals surface area contributed by atoms with Crippen LogP contribution in [-0.2, 0) is 24.3 Å². The van der Waals surface area contributed by atoms with Crippen molar-refractivity contribution in [3.63, 3.8) is 0 Å². The van der Waals surface area contributed by atoms with Crippen molar-refractivity contribution in [2.75, 3.05) is 6.54 Å². The minimum Gasteiger partial charge on any atom is -0.336 e. The van der Waals surface area contributed by atoms with Crippen LogP contribution < -0.4 is 5.56 Å². The quantitative estimate of drug-likeness (QED) is 0.737. The van der Waals surface area contributed by atoms with Crippen LogP contribution in [-0.4, -0.2) is 37.3 Å². The lowest BCUT2D eigenvalue weighted by atomic mass is 10.0. The summed E-state index contributed by atoms with van der Waals surface area (Å²) in [7, 11) is 0. The van der Waals surface area contributed by atoms with Gasteiger partial charge >= 0.3 is 0 Å². The first kappa shape index (κ1) is 15.1. The standard InChI is InChI=1S/C17H14N6O2/c18-8-11-7-12-9-22(6-5-13(12)19-17(11)25)16(24)10-23-15-4-2-1-3-14(15)20-21-23/h1-4,7H,5-6,9-10H2,(H,19,25). The molecule has 2 aromatic heterocycles. The molecule has 0 fully saturated rings. The molecular formula is C17H14N6O2. The summed E-state index contributed by atoms with van der Waals surface area (Å²) in [4.78, 5) is 28.8. The van der Waals surface area contributed by atoms with E-state index in [0.29, 0.717) is 19.5 Å². The number of fused-ring (bicyclic) bond motifs is 2. The van der Waals surface area contributed by atoms with E-state index in [0.717, 1.165) is 22.3 Å². The molecule has 0 aliphatic carbocycles. The first-order valence-electron chi connectivity index (χ1n) is 7.87. The fourth-order valence-corrected chi connectivity index (χ4v) is 3.07. The largest absolute Gasteiger partial charge is 0.336 e. The van der Waals surface area contributed by atoms with Crippen LogP contribution in [0, 0.1) is 11.3 Å². The van der Waals surface area contributed by atoms with E-state index in [9.17, 15) is 9.59 Å². The van der Waals surface area contributed by atoms with Crippen molar-refractivity contribution >= 4 is 16.9 Å². The highest BCUT2D eigenvalue weighted by Gasteiger charge is 2.23. The molecule has 0 bridgehead atoms. The number of aromatic nitrogens is 4. The van der Waals surface area contributed by atoms with Crippen molar-refractivity contribution < 1.29 is 4.79 Å². The lowest BCUT2D eigenvalue weighted by Gasteiger charge is -2.28. The maximum absolute atomic E-state index is 12.6. The predicted molar refractivity (Wildman–Crippen MR) is 88.4 cm³/mol. The molecule has 0 atom stereocenters. The van der Waals surface area contributed by atoms with Gasteiger partial charge in [-0.2, -0.15) is 5.26 Å². The van der Waals surface area contributed by atoms with Gasteiger partial charge in [-0.25, -0.2) is 4.68 Å². The summed E-state index contributed by atoms with van der Waals surface area (Å²) in [5.74, 6) is -0.0778. The highest BCUT2D eigenvalue weighted by atomic mass is 16.2. The van der Waals surface area contributed by atoms with Crippen LogP contribution in [0.3, 0.4) is 0 Å². The van der Waals surface area contributed by atoms with Crippen LogP contribution >= 0.6 is 0 Å². The topological polar surface area (TPSA) is 108 Å². The molecule has 8 heteroatoms. The van der Waals surface area contributed by atoms with Crippen LogP contribution in [0.15, 0.2) is 35.1 Å². The zero-order valence-corrected chi connectivity index (χ0v) is 13.3. The molecule has 1 aliphatic heterocycles. The van der Waals surface area contributed by atoms with E-state index in [1.54, 1.807) is 15.6 Å². The lowest BCUT2D eigenvalue weighted by molar-refractivity contribution is -0.132. The van der Waals surface area contributed by atoms with Gasteiger partial charge in [-0.15, -0.1) is 5.10 Å². The van der Waals surface area contributed by atoms with Crippen molar-refractivity contribution in [1.82, 2.24) is 24.9 Å².